The number of pyridine rings is 1. The summed E-state index contributed by atoms with van der Waals surface area (Å²) in [5, 5.41) is 6.38. The number of hydrogen-bond acceptors (Lipinski definition) is 6. The molecular weight excluding hydrogens is 400 g/mol. The average Bonchev–Trinajstić information content (AvgIpc) is 3.20. The Kier molecular flexibility index (Phi) is 6.04. The molecule has 8 heteroatoms. The molecule has 0 spiro atoms. The number of amides is 2. The summed E-state index contributed by atoms with van der Waals surface area (Å²) in [6.07, 6.45) is 5.97. The van der Waals surface area contributed by atoms with Gasteiger partial charge in [-0.15, -0.1) is 11.3 Å². The van der Waals surface area contributed by atoms with E-state index < -0.39 is 0 Å². The van der Waals surface area contributed by atoms with Crippen molar-refractivity contribution in [1.29, 1.82) is 0 Å². The first-order valence-electron chi connectivity index (χ1n) is 9.75. The lowest BCUT2D eigenvalue weighted by Gasteiger charge is -2.20. The maximum Gasteiger partial charge on any atom is 0.257 e. The van der Waals surface area contributed by atoms with Crippen molar-refractivity contribution in [3.63, 3.8) is 0 Å². The molecule has 1 aromatic carbocycles. The summed E-state index contributed by atoms with van der Waals surface area (Å²) in [5.74, 6) is 0.129. The molecule has 4 rings (SSSR count). The number of hydrogen-bond donors (Lipinski definition) is 2. The van der Waals surface area contributed by atoms with Crippen molar-refractivity contribution in [3.05, 3.63) is 70.5 Å². The van der Waals surface area contributed by atoms with Crippen molar-refractivity contribution in [3.8, 4) is 5.75 Å². The Bertz CT molecular complexity index is 1030. The van der Waals surface area contributed by atoms with Crippen LogP contribution in [0, 0.1) is 0 Å². The fourth-order valence-corrected chi connectivity index (χ4v) is 4.51. The first kappa shape index (κ1) is 20.0. The van der Waals surface area contributed by atoms with Crippen LogP contribution in [0.4, 0.5) is 5.13 Å². The molecule has 0 bridgehead atoms. The molecule has 0 unspecified atom stereocenters. The van der Waals surface area contributed by atoms with E-state index in [1.165, 1.54) is 11.3 Å². The highest BCUT2D eigenvalue weighted by molar-refractivity contribution is 7.16. The van der Waals surface area contributed by atoms with Gasteiger partial charge < -0.3 is 10.1 Å². The highest BCUT2D eigenvalue weighted by atomic mass is 32.1. The zero-order chi connectivity index (χ0) is 20.9. The summed E-state index contributed by atoms with van der Waals surface area (Å²) in [6, 6.07) is 10.6. The second-order valence-electron chi connectivity index (χ2n) is 7.03. The number of ether oxygens (including phenoxy) is 1. The Balaban J connectivity index is 1.44. The number of carbonyl (C=O) groups is 2. The molecule has 0 aliphatic heterocycles. The Morgan fingerprint density at radius 3 is 2.67 bits per heavy atom. The van der Waals surface area contributed by atoms with Crippen LogP contribution in [0.2, 0.25) is 0 Å². The van der Waals surface area contributed by atoms with Gasteiger partial charge in [0.2, 0.25) is 5.91 Å². The summed E-state index contributed by atoms with van der Waals surface area (Å²) in [6.45, 7) is 0.457. The number of rotatable bonds is 6. The van der Waals surface area contributed by atoms with E-state index in [4.69, 9.17) is 4.74 Å². The quantitative estimate of drug-likeness (QED) is 0.634. The molecule has 30 heavy (non-hydrogen) atoms. The molecule has 154 valence electrons. The van der Waals surface area contributed by atoms with Gasteiger partial charge in [0, 0.05) is 29.4 Å². The molecule has 1 atom stereocenters. The van der Waals surface area contributed by atoms with Gasteiger partial charge in [-0.2, -0.15) is 0 Å². The number of thiazole rings is 1. The lowest BCUT2D eigenvalue weighted by atomic mass is 9.90. The zero-order valence-corrected chi connectivity index (χ0v) is 17.4. The van der Waals surface area contributed by atoms with Crippen molar-refractivity contribution in [1.82, 2.24) is 15.3 Å². The van der Waals surface area contributed by atoms with Gasteiger partial charge >= 0.3 is 0 Å². The largest absolute Gasteiger partial charge is 0.497 e. The predicted octanol–water partition coefficient (Wildman–Crippen LogP) is 3.54. The van der Waals surface area contributed by atoms with Crippen molar-refractivity contribution >= 4 is 28.3 Å². The van der Waals surface area contributed by atoms with Crippen molar-refractivity contribution < 1.29 is 14.3 Å². The molecule has 1 aliphatic rings. The third-order valence-electron chi connectivity index (χ3n) is 5.06. The number of nitrogens with zero attached hydrogens (tertiary/aromatic N) is 2. The monoisotopic (exact) mass is 422 g/mol. The highest BCUT2D eigenvalue weighted by Gasteiger charge is 2.30. The number of anilines is 1. The summed E-state index contributed by atoms with van der Waals surface area (Å²) in [7, 11) is 1.58. The smallest absolute Gasteiger partial charge is 0.257 e. The molecule has 1 aliphatic carbocycles. The lowest BCUT2D eigenvalue weighted by molar-refractivity contribution is -0.123. The molecule has 2 heterocycles. The number of benzene rings is 1. The highest BCUT2D eigenvalue weighted by Crippen LogP contribution is 2.37. The summed E-state index contributed by atoms with van der Waals surface area (Å²) in [5.41, 5.74) is 2.30. The van der Waals surface area contributed by atoms with Crippen LogP contribution in [0.1, 0.15) is 45.3 Å². The zero-order valence-electron chi connectivity index (χ0n) is 16.6. The fourth-order valence-electron chi connectivity index (χ4n) is 3.45. The van der Waals surface area contributed by atoms with E-state index in [1.807, 2.05) is 12.1 Å². The first-order valence-corrected chi connectivity index (χ1v) is 10.6. The first-order chi connectivity index (χ1) is 14.6. The van der Waals surface area contributed by atoms with E-state index >= 15 is 0 Å². The molecule has 2 N–H and O–H groups in total. The van der Waals surface area contributed by atoms with E-state index in [2.05, 4.69) is 20.6 Å². The third-order valence-corrected chi connectivity index (χ3v) is 6.11. The predicted molar refractivity (Wildman–Crippen MR) is 115 cm³/mol. The molecule has 2 amide bonds. The molecule has 2 aromatic heterocycles. The molecule has 3 aromatic rings. The summed E-state index contributed by atoms with van der Waals surface area (Å²) in [4.78, 5) is 35.0. The standard InChI is InChI=1S/C22H22N4O3S/c1-29-16-7-5-15(6-8-16)20(27)26-22-25-19-17(3-2-4-18(19)30-22)21(28)24-13-14-9-11-23-12-10-14/h5-12,17H,2-4,13H2,1H3,(H,24,28)(H,25,26,27)/t17-/m1/s1. The van der Waals surface area contributed by atoms with E-state index in [0.717, 1.165) is 35.4 Å². The van der Waals surface area contributed by atoms with Gasteiger partial charge in [0.1, 0.15) is 5.75 Å². The maximum atomic E-state index is 12.8. The van der Waals surface area contributed by atoms with Gasteiger partial charge in [0.25, 0.3) is 5.91 Å². The number of carbonyl (C=O) groups excluding carboxylic acids is 2. The van der Waals surface area contributed by atoms with Crippen molar-refractivity contribution in [2.45, 2.75) is 31.7 Å². The van der Waals surface area contributed by atoms with E-state index in [-0.39, 0.29) is 17.7 Å². The van der Waals surface area contributed by atoms with Crippen LogP contribution in [0.15, 0.2) is 48.8 Å². The molecular formula is C22H22N4O3S. The van der Waals surface area contributed by atoms with Gasteiger partial charge in [0.05, 0.1) is 18.7 Å². The molecule has 0 fully saturated rings. The van der Waals surface area contributed by atoms with Crippen molar-refractivity contribution in [2.75, 3.05) is 12.4 Å². The molecule has 0 saturated heterocycles. The molecule has 0 saturated carbocycles. The Hall–Kier alpha value is -3.26. The van der Waals surface area contributed by atoms with E-state index in [1.54, 1.807) is 43.8 Å². The minimum absolute atomic E-state index is 0.0360. The number of methoxy groups -OCH3 is 1. The normalized spacial score (nSPS) is 15.2. The van der Waals surface area contributed by atoms with Crippen LogP contribution in [0.5, 0.6) is 5.75 Å². The number of nitrogens with one attached hydrogen (secondary N) is 2. The molecule has 7 nitrogen and oxygen atoms in total. The van der Waals surface area contributed by atoms with Crippen molar-refractivity contribution in [2.24, 2.45) is 0 Å². The van der Waals surface area contributed by atoms with Crippen LogP contribution in [0.25, 0.3) is 0 Å². The van der Waals surface area contributed by atoms with Crippen LogP contribution in [0.3, 0.4) is 0 Å². The average molecular weight is 423 g/mol. The van der Waals surface area contributed by atoms with E-state index in [0.29, 0.717) is 23.0 Å². The Morgan fingerprint density at radius 2 is 1.93 bits per heavy atom. The maximum absolute atomic E-state index is 12.8. The topological polar surface area (TPSA) is 93.2 Å². The van der Waals surface area contributed by atoms with Gasteiger partial charge in [-0.3, -0.25) is 19.9 Å². The second-order valence-corrected chi connectivity index (χ2v) is 8.11. The minimum atomic E-state index is -0.293. The Labute approximate surface area is 178 Å². The van der Waals surface area contributed by atoms with Crippen LogP contribution >= 0.6 is 11.3 Å². The second kappa shape index (κ2) is 9.04. The van der Waals surface area contributed by atoms with Crippen LogP contribution in [-0.2, 0) is 17.8 Å². The fraction of sp³-hybridized carbons (Fsp3) is 0.273. The Morgan fingerprint density at radius 1 is 1.17 bits per heavy atom. The summed E-state index contributed by atoms with van der Waals surface area (Å²) >= 11 is 1.45. The summed E-state index contributed by atoms with van der Waals surface area (Å²) < 4.78 is 5.12. The van der Waals surface area contributed by atoms with Gasteiger partial charge in [0.15, 0.2) is 5.13 Å². The van der Waals surface area contributed by atoms with Gasteiger partial charge in [-0.05, 0) is 61.2 Å². The minimum Gasteiger partial charge on any atom is -0.497 e. The van der Waals surface area contributed by atoms with Gasteiger partial charge in [-0.1, -0.05) is 0 Å². The number of fused-ring (bicyclic) bond motifs is 1. The van der Waals surface area contributed by atoms with E-state index in [9.17, 15) is 9.59 Å². The lowest BCUT2D eigenvalue weighted by Crippen LogP contribution is -2.31. The van der Waals surface area contributed by atoms with Gasteiger partial charge in [-0.25, -0.2) is 4.98 Å². The molecule has 0 radical (unpaired) electrons. The van der Waals surface area contributed by atoms with Crippen LogP contribution < -0.4 is 15.4 Å². The SMILES string of the molecule is COc1ccc(C(=O)Nc2nc3c(s2)CCC[C@H]3C(=O)NCc2ccncc2)cc1. The third kappa shape index (κ3) is 4.49. The number of aryl methyl sites for hydroxylation is 1. The van der Waals surface area contributed by atoms with Crippen LogP contribution in [-0.4, -0.2) is 28.9 Å². The number of aromatic nitrogens is 2.